The highest BCUT2D eigenvalue weighted by Crippen LogP contribution is 2.31. The van der Waals surface area contributed by atoms with E-state index < -0.39 is 5.60 Å². The first-order chi connectivity index (χ1) is 8.76. The lowest BCUT2D eigenvalue weighted by Crippen LogP contribution is -2.56. The molecule has 108 valence electrons. The number of carbonyl (C=O) groups excluding carboxylic acids is 1. The first kappa shape index (κ1) is 14.4. The molecule has 0 radical (unpaired) electrons. The van der Waals surface area contributed by atoms with E-state index in [-0.39, 0.29) is 6.09 Å². The average Bonchev–Trinajstić information content (AvgIpc) is 2.48. The van der Waals surface area contributed by atoms with Crippen LogP contribution >= 0.6 is 0 Å². The second kappa shape index (κ2) is 5.16. The van der Waals surface area contributed by atoms with Gasteiger partial charge in [0.1, 0.15) is 5.60 Å². The molecule has 0 aromatic heterocycles. The van der Waals surface area contributed by atoms with Gasteiger partial charge in [-0.2, -0.15) is 0 Å². The number of fused-ring (bicyclic) bond motifs is 2. The first-order valence-electron chi connectivity index (χ1n) is 7.14. The van der Waals surface area contributed by atoms with Gasteiger partial charge in [-0.1, -0.05) is 12.2 Å². The highest BCUT2D eigenvalue weighted by molar-refractivity contribution is 5.68. The summed E-state index contributed by atoms with van der Waals surface area (Å²) in [5.74, 6) is 0. The van der Waals surface area contributed by atoms with Crippen molar-refractivity contribution >= 4 is 6.09 Å². The molecule has 2 bridgehead atoms. The second-order valence-corrected chi connectivity index (χ2v) is 6.90. The van der Waals surface area contributed by atoms with Gasteiger partial charge in [-0.15, -0.1) is 0 Å². The van der Waals surface area contributed by atoms with Crippen LogP contribution in [0.2, 0.25) is 0 Å². The maximum Gasteiger partial charge on any atom is 0.410 e. The van der Waals surface area contributed by atoms with Crippen LogP contribution in [0.15, 0.2) is 12.2 Å². The van der Waals surface area contributed by atoms with E-state index in [0.717, 1.165) is 19.6 Å². The van der Waals surface area contributed by atoms with Crippen molar-refractivity contribution in [3.05, 3.63) is 12.2 Å². The zero-order valence-electron chi connectivity index (χ0n) is 12.6. The van der Waals surface area contributed by atoms with Crippen molar-refractivity contribution in [3.63, 3.8) is 0 Å². The molecule has 2 rings (SSSR count). The third-order valence-corrected chi connectivity index (χ3v) is 3.74. The third-order valence-electron chi connectivity index (χ3n) is 3.74. The van der Waals surface area contributed by atoms with E-state index in [2.05, 4.69) is 18.4 Å². The fourth-order valence-electron chi connectivity index (χ4n) is 3.04. The predicted molar refractivity (Wildman–Crippen MR) is 76.1 cm³/mol. The minimum atomic E-state index is -0.412. The molecule has 2 heterocycles. The number of ether oxygens (including phenoxy) is 1. The van der Waals surface area contributed by atoms with E-state index in [1.54, 1.807) is 0 Å². The predicted octanol–water partition coefficient (Wildman–Crippen LogP) is 2.65. The van der Waals surface area contributed by atoms with Crippen LogP contribution in [0.5, 0.6) is 0 Å². The van der Waals surface area contributed by atoms with Crippen molar-refractivity contribution < 1.29 is 9.53 Å². The summed E-state index contributed by atoms with van der Waals surface area (Å²) in [7, 11) is 0. The zero-order valence-corrected chi connectivity index (χ0v) is 12.6. The number of rotatable bonds is 2. The maximum atomic E-state index is 12.1. The number of hydrogen-bond donors (Lipinski definition) is 0. The highest BCUT2D eigenvalue weighted by atomic mass is 16.6. The summed E-state index contributed by atoms with van der Waals surface area (Å²) in [5.41, 5.74) is 0.785. The lowest BCUT2D eigenvalue weighted by molar-refractivity contribution is 0.00306. The molecular formula is C15H26N2O2. The SMILES string of the molecule is C=C(C)CN1C2CCC1CN(C(=O)OC(C)(C)C)C2. The molecule has 2 unspecified atom stereocenters. The monoisotopic (exact) mass is 266 g/mol. The van der Waals surface area contributed by atoms with Crippen LogP contribution in [0.1, 0.15) is 40.5 Å². The molecule has 0 aromatic rings. The van der Waals surface area contributed by atoms with Crippen LogP contribution in [0.3, 0.4) is 0 Å². The molecule has 0 spiro atoms. The van der Waals surface area contributed by atoms with Gasteiger partial charge in [-0.3, -0.25) is 4.90 Å². The number of likely N-dealkylation sites (tertiary alicyclic amines) is 1. The number of hydrogen-bond acceptors (Lipinski definition) is 3. The molecule has 0 N–H and O–H groups in total. The zero-order chi connectivity index (χ0) is 14.2. The van der Waals surface area contributed by atoms with Gasteiger partial charge in [0.25, 0.3) is 0 Å². The Labute approximate surface area is 116 Å². The molecule has 2 saturated heterocycles. The quantitative estimate of drug-likeness (QED) is 0.720. The van der Waals surface area contributed by atoms with Crippen LogP contribution in [0.4, 0.5) is 4.79 Å². The summed E-state index contributed by atoms with van der Waals surface area (Å²) >= 11 is 0. The number of amides is 1. The van der Waals surface area contributed by atoms with Crippen molar-refractivity contribution in [1.82, 2.24) is 9.80 Å². The van der Waals surface area contributed by atoms with E-state index >= 15 is 0 Å². The largest absolute Gasteiger partial charge is 0.444 e. The Morgan fingerprint density at radius 3 is 2.21 bits per heavy atom. The van der Waals surface area contributed by atoms with Crippen LogP contribution in [0.25, 0.3) is 0 Å². The minimum absolute atomic E-state index is 0.167. The fourth-order valence-corrected chi connectivity index (χ4v) is 3.04. The molecule has 4 heteroatoms. The normalized spacial score (nSPS) is 27.5. The molecule has 2 atom stereocenters. The summed E-state index contributed by atoms with van der Waals surface area (Å²) in [4.78, 5) is 16.5. The summed E-state index contributed by atoms with van der Waals surface area (Å²) in [5, 5.41) is 0. The van der Waals surface area contributed by atoms with Crippen molar-refractivity contribution in [2.75, 3.05) is 19.6 Å². The Bertz CT molecular complexity index is 359. The summed E-state index contributed by atoms with van der Waals surface area (Å²) in [6, 6.07) is 0.950. The van der Waals surface area contributed by atoms with Gasteiger partial charge in [-0.05, 0) is 40.5 Å². The molecule has 0 aliphatic carbocycles. The van der Waals surface area contributed by atoms with Gasteiger partial charge in [0.05, 0.1) is 0 Å². The minimum Gasteiger partial charge on any atom is -0.444 e. The average molecular weight is 266 g/mol. The Morgan fingerprint density at radius 2 is 1.79 bits per heavy atom. The Balaban J connectivity index is 1.96. The fraction of sp³-hybridized carbons (Fsp3) is 0.800. The van der Waals surface area contributed by atoms with Gasteiger partial charge in [-0.25, -0.2) is 4.79 Å². The van der Waals surface area contributed by atoms with Crippen LogP contribution in [0, 0.1) is 0 Å². The van der Waals surface area contributed by atoms with Gasteiger partial charge < -0.3 is 9.64 Å². The van der Waals surface area contributed by atoms with Crippen LogP contribution < -0.4 is 0 Å². The van der Waals surface area contributed by atoms with Crippen molar-refractivity contribution in [2.45, 2.75) is 58.2 Å². The number of carbonyl (C=O) groups is 1. The highest BCUT2D eigenvalue weighted by Gasteiger charge is 2.41. The van der Waals surface area contributed by atoms with E-state index in [1.165, 1.54) is 18.4 Å². The van der Waals surface area contributed by atoms with Gasteiger partial charge in [0, 0.05) is 31.7 Å². The van der Waals surface area contributed by atoms with Gasteiger partial charge in [0.15, 0.2) is 0 Å². The topological polar surface area (TPSA) is 32.8 Å². The third kappa shape index (κ3) is 3.50. The molecule has 0 saturated carbocycles. The molecule has 1 amide bonds. The standard InChI is InChI=1S/C15H26N2O2/c1-11(2)8-17-12-6-7-13(17)10-16(9-12)14(18)19-15(3,4)5/h12-13H,1,6-10H2,2-5H3. The lowest BCUT2D eigenvalue weighted by atomic mass is 10.1. The smallest absolute Gasteiger partial charge is 0.410 e. The molecule has 2 aliphatic rings. The van der Waals surface area contributed by atoms with Crippen molar-refractivity contribution in [3.8, 4) is 0 Å². The number of piperazine rings is 1. The second-order valence-electron chi connectivity index (χ2n) is 6.90. The lowest BCUT2D eigenvalue weighted by Gasteiger charge is -2.41. The van der Waals surface area contributed by atoms with Gasteiger partial charge in [0.2, 0.25) is 0 Å². The molecule has 2 fully saturated rings. The van der Waals surface area contributed by atoms with E-state index in [9.17, 15) is 4.79 Å². The number of nitrogens with zero attached hydrogens (tertiary/aromatic N) is 2. The van der Waals surface area contributed by atoms with E-state index in [0.29, 0.717) is 12.1 Å². The van der Waals surface area contributed by atoms with Crippen LogP contribution in [-0.4, -0.2) is 53.2 Å². The van der Waals surface area contributed by atoms with Gasteiger partial charge >= 0.3 is 6.09 Å². The van der Waals surface area contributed by atoms with E-state index in [4.69, 9.17) is 4.74 Å². The summed E-state index contributed by atoms with van der Waals surface area (Å²) in [6.07, 6.45) is 2.19. The van der Waals surface area contributed by atoms with Crippen molar-refractivity contribution in [2.24, 2.45) is 0 Å². The first-order valence-corrected chi connectivity index (χ1v) is 7.14. The molecule has 0 aromatic carbocycles. The van der Waals surface area contributed by atoms with Crippen molar-refractivity contribution in [1.29, 1.82) is 0 Å². The Kier molecular flexibility index (Phi) is 3.90. The van der Waals surface area contributed by atoms with Crippen LogP contribution in [-0.2, 0) is 4.74 Å². The molecule has 19 heavy (non-hydrogen) atoms. The summed E-state index contributed by atoms with van der Waals surface area (Å²) in [6.45, 7) is 14.3. The summed E-state index contributed by atoms with van der Waals surface area (Å²) < 4.78 is 5.47. The van der Waals surface area contributed by atoms with E-state index in [1.807, 2.05) is 25.7 Å². The Morgan fingerprint density at radius 1 is 1.26 bits per heavy atom. The molecule has 4 nitrogen and oxygen atoms in total. The molecular weight excluding hydrogens is 240 g/mol. The Hall–Kier alpha value is -1.03. The maximum absolute atomic E-state index is 12.1. The molecule has 2 aliphatic heterocycles.